The van der Waals surface area contributed by atoms with Crippen LogP contribution in [0.25, 0.3) is 33.9 Å². The van der Waals surface area contributed by atoms with Crippen LogP contribution in [-0.2, 0) is 9.47 Å². The molecule has 50 heavy (non-hydrogen) atoms. The molecule has 0 unspecified atom stereocenters. The van der Waals surface area contributed by atoms with Gasteiger partial charge in [0.1, 0.15) is 23.7 Å². The summed E-state index contributed by atoms with van der Waals surface area (Å²) in [5, 5.41) is 9.98. The highest BCUT2D eigenvalue weighted by Crippen LogP contribution is 2.27. The third kappa shape index (κ3) is 13.2. The minimum Gasteiger partial charge on any atom is -0.488 e. The topological polar surface area (TPSA) is 60.7 Å². The number of unbranched alkanes of at least 4 members (excludes halogenated alkanes) is 6. The van der Waals surface area contributed by atoms with Crippen molar-refractivity contribution >= 4 is 11.6 Å². The molecule has 4 aromatic carbocycles. The van der Waals surface area contributed by atoms with Gasteiger partial charge in [-0.05, 0) is 90.4 Å². The molecule has 0 saturated heterocycles. The lowest BCUT2D eigenvalue weighted by molar-refractivity contribution is 0.0566. The highest BCUT2D eigenvalue weighted by molar-refractivity contribution is 5.90. The first kappa shape index (κ1) is 38.4. The Bertz CT molecular complexity index is 1590. The van der Waals surface area contributed by atoms with Gasteiger partial charge in [-0.15, -0.1) is 0 Å². The van der Waals surface area contributed by atoms with Crippen LogP contribution in [0.2, 0.25) is 0 Å². The van der Waals surface area contributed by atoms with E-state index in [2.05, 4.69) is 80.6 Å². The minimum atomic E-state index is -0.00479. The molecule has 4 aromatic rings. The number of rotatable bonds is 22. The molecule has 0 aliphatic rings. The molecule has 264 valence electrons. The highest BCUT2D eigenvalue weighted by Gasteiger charge is 2.08. The Morgan fingerprint density at radius 2 is 0.960 bits per heavy atom. The molecule has 0 spiro atoms. The van der Waals surface area contributed by atoms with E-state index in [0.717, 1.165) is 70.9 Å². The maximum atomic E-state index is 9.98. The zero-order chi connectivity index (χ0) is 35.4. The standard InChI is InChI=1S/C45H55NO4/c1-5-7-9-11-29-47-33-35(3)49-44-25-21-40(22-26-44)38-15-13-37(14-16-38)31-43(32-46)42-19-17-39(18-20-42)41-23-27-45(28-24-41)50-36(4)34-48-30-12-10-8-6-2/h13-28,31,35-36H,5-12,29-30,33-34H2,1-4H3/b43-31+/t35-,36-/m0/s1. The first-order valence-electron chi connectivity index (χ1n) is 18.5. The predicted molar refractivity (Wildman–Crippen MR) is 207 cm³/mol. The van der Waals surface area contributed by atoms with E-state index in [1.54, 1.807) is 0 Å². The van der Waals surface area contributed by atoms with E-state index in [1.165, 1.54) is 38.5 Å². The van der Waals surface area contributed by atoms with Gasteiger partial charge >= 0.3 is 0 Å². The molecule has 0 fully saturated rings. The summed E-state index contributed by atoms with van der Waals surface area (Å²) in [6.45, 7) is 11.3. The van der Waals surface area contributed by atoms with Crippen LogP contribution >= 0.6 is 0 Å². The van der Waals surface area contributed by atoms with Crippen LogP contribution in [0.1, 0.15) is 90.2 Å². The van der Waals surface area contributed by atoms with Gasteiger partial charge in [-0.3, -0.25) is 0 Å². The van der Waals surface area contributed by atoms with Crippen LogP contribution in [0.15, 0.2) is 97.1 Å². The number of nitriles is 1. The van der Waals surface area contributed by atoms with Crippen molar-refractivity contribution in [3.05, 3.63) is 108 Å². The third-order valence-electron chi connectivity index (χ3n) is 8.58. The normalized spacial score (nSPS) is 12.7. The van der Waals surface area contributed by atoms with Crippen LogP contribution in [0.4, 0.5) is 0 Å². The lowest BCUT2D eigenvalue weighted by atomic mass is 9.98. The van der Waals surface area contributed by atoms with E-state index >= 15 is 0 Å². The number of benzene rings is 4. The Morgan fingerprint density at radius 1 is 0.560 bits per heavy atom. The van der Waals surface area contributed by atoms with E-state index < -0.39 is 0 Å². The summed E-state index contributed by atoms with van der Waals surface area (Å²) in [6, 6.07) is 35.1. The van der Waals surface area contributed by atoms with Gasteiger partial charge in [0.15, 0.2) is 0 Å². The van der Waals surface area contributed by atoms with Crippen molar-refractivity contribution in [3.8, 4) is 39.8 Å². The first-order valence-corrected chi connectivity index (χ1v) is 18.5. The van der Waals surface area contributed by atoms with Crippen LogP contribution in [0.5, 0.6) is 11.5 Å². The lowest BCUT2D eigenvalue weighted by Crippen LogP contribution is -2.19. The van der Waals surface area contributed by atoms with Crippen molar-refractivity contribution in [3.63, 3.8) is 0 Å². The maximum absolute atomic E-state index is 9.98. The fourth-order valence-electron chi connectivity index (χ4n) is 5.71. The van der Waals surface area contributed by atoms with Crippen molar-refractivity contribution in [1.82, 2.24) is 0 Å². The molecule has 0 aliphatic heterocycles. The fraction of sp³-hybridized carbons (Fsp3) is 0.400. The molecule has 5 nitrogen and oxygen atoms in total. The quantitative estimate of drug-likeness (QED) is 0.0472. The van der Waals surface area contributed by atoms with Crippen molar-refractivity contribution in [2.45, 2.75) is 91.3 Å². The Kier molecular flexibility index (Phi) is 16.6. The number of allylic oxidation sites excluding steroid dienone is 1. The average Bonchev–Trinajstić information content (AvgIpc) is 3.14. The predicted octanol–water partition coefficient (Wildman–Crippen LogP) is 11.8. The second-order valence-electron chi connectivity index (χ2n) is 13.0. The molecule has 0 radical (unpaired) electrons. The SMILES string of the molecule is CCCCCCOC[C@H](C)Oc1ccc(-c2ccc(/C=C(\C#N)c3ccc(-c4ccc(O[C@@H](C)COCCCCCC)cc4)cc3)cc2)cc1. The van der Waals surface area contributed by atoms with Gasteiger partial charge < -0.3 is 18.9 Å². The number of nitrogens with zero attached hydrogens (tertiary/aromatic N) is 1. The Balaban J connectivity index is 1.27. The van der Waals surface area contributed by atoms with E-state index in [9.17, 15) is 5.26 Å². The molecule has 0 aromatic heterocycles. The van der Waals surface area contributed by atoms with Crippen LogP contribution < -0.4 is 9.47 Å². The van der Waals surface area contributed by atoms with E-state index in [4.69, 9.17) is 18.9 Å². The summed E-state index contributed by atoms with van der Waals surface area (Å²) >= 11 is 0. The highest BCUT2D eigenvalue weighted by atomic mass is 16.5. The molecule has 0 amide bonds. The third-order valence-corrected chi connectivity index (χ3v) is 8.58. The minimum absolute atomic E-state index is 0.000229. The second kappa shape index (κ2) is 21.7. The van der Waals surface area contributed by atoms with Crippen LogP contribution in [0, 0.1) is 11.3 Å². The van der Waals surface area contributed by atoms with Crippen molar-refractivity contribution in [2.75, 3.05) is 26.4 Å². The molecule has 0 aliphatic carbocycles. The zero-order valence-electron chi connectivity index (χ0n) is 30.5. The van der Waals surface area contributed by atoms with Gasteiger partial charge in [0, 0.05) is 13.2 Å². The lowest BCUT2D eigenvalue weighted by Gasteiger charge is -2.15. The molecule has 5 heteroatoms. The average molecular weight is 674 g/mol. The van der Waals surface area contributed by atoms with Gasteiger partial charge in [-0.25, -0.2) is 0 Å². The van der Waals surface area contributed by atoms with E-state index in [-0.39, 0.29) is 12.2 Å². The van der Waals surface area contributed by atoms with Crippen molar-refractivity contribution < 1.29 is 18.9 Å². The van der Waals surface area contributed by atoms with Gasteiger partial charge in [0.25, 0.3) is 0 Å². The molecule has 0 bridgehead atoms. The molecule has 4 rings (SSSR count). The second-order valence-corrected chi connectivity index (χ2v) is 13.0. The summed E-state index contributed by atoms with van der Waals surface area (Å²) in [6.07, 6.45) is 11.6. The molecule has 0 saturated carbocycles. The molecule has 0 heterocycles. The Morgan fingerprint density at radius 3 is 1.36 bits per heavy atom. The van der Waals surface area contributed by atoms with Crippen molar-refractivity contribution in [2.24, 2.45) is 0 Å². The molecular formula is C45H55NO4. The summed E-state index contributed by atoms with van der Waals surface area (Å²) < 4.78 is 23.7. The van der Waals surface area contributed by atoms with Gasteiger partial charge in [0.05, 0.1) is 24.9 Å². The number of ether oxygens (including phenoxy) is 4. The number of hydrogen-bond acceptors (Lipinski definition) is 5. The molecular weight excluding hydrogens is 618 g/mol. The maximum Gasteiger partial charge on any atom is 0.119 e. The smallest absolute Gasteiger partial charge is 0.119 e. The summed E-state index contributed by atoms with van der Waals surface area (Å²) in [7, 11) is 0. The van der Waals surface area contributed by atoms with Crippen LogP contribution in [-0.4, -0.2) is 38.6 Å². The Labute approximate surface area is 300 Å². The summed E-state index contributed by atoms with van der Waals surface area (Å²) in [5.41, 5.74) is 6.88. The van der Waals surface area contributed by atoms with Gasteiger partial charge in [0.2, 0.25) is 0 Å². The number of hydrogen-bond donors (Lipinski definition) is 0. The van der Waals surface area contributed by atoms with Gasteiger partial charge in [-0.1, -0.05) is 125 Å². The first-order chi connectivity index (χ1) is 24.5. The monoisotopic (exact) mass is 673 g/mol. The van der Waals surface area contributed by atoms with Gasteiger partial charge in [-0.2, -0.15) is 5.26 Å². The fourth-order valence-corrected chi connectivity index (χ4v) is 5.71. The van der Waals surface area contributed by atoms with Crippen molar-refractivity contribution in [1.29, 1.82) is 5.26 Å². The van der Waals surface area contributed by atoms with E-state index in [0.29, 0.717) is 18.8 Å². The summed E-state index contributed by atoms with van der Waals surface area (Å²) in [5.74, 6) is 1.67. The largest absolute Gasteiger partial charge is 0.488 e. The zero-order valence-corrected chi connectivity index (χ0v) is 30.5. The Hall–Kier alpha value is -4.37. The van der Waals surface area contributed by atoms with E-state index in [1.807, 2.05) is 56.3 Å². The summed E-state index contributed by atoms with van der Waals surface area (Å²) in [4.78, 5) is 0. The molecule has 0 N–H and O–H groups in total. The van der Waals surface area contributed by atoms with Crippen LogP contribution in [0.3, 0.4) is 0 Å². The molecule has 2 atom stereocenters.